The predicted molar refractivity (Wildman–Crippen MR) is 136 cm³/mol. The Hall–Kier alpha value is -2.67. The van der Waals surface area contributed by atoms with Gasteiger partial charge in [0.05, 0.1) is 27.9 Å². The molecule has 1 aromatic carbocycles. The highest BCUT2D eigenvalue weighted by Gasteiger charge is 2.21. The molecule has 1 aromatic heterocycles. The molecule has 0 saturated carbocycles. The molecule has 3 rings (SSSR count). The number of carbonyl (C=O) groups is 1. The number of furan rings is 1. The Bertz CT molecular complexity index is 931. The van der Waals surface area contributed by atoms with Crippen LogP contribution in [0.25, 0.3) is 0 Å². The van der Waals surface area contributed by atoms with Gasteiger partial charge in [0.25, 0.3) is 5.91 Å². The van der Waals surface area contributed by atoms with Gasteiger partial charge in [-0.3, -0.25) is 14.7 Å². The Balaban J connectivity index is 0.00000385. The van der Waals surface area contributed by atoms with Gasteiger partial charge in [0.2, 0.25) is 5.75 Å². The SMILES string of the molecule is CN=C(NCc1ccc(C(N)=O)o1)N1CCN(Cc2cc(OC)c(OC)c(OC)c2)CC1.I. The van der Waals surface area contributed by atoms with Crippen LogP contribution in [0.3, 0.4) is 0 Å². The molecule has 2 aromatic rings. The lowest BCUT2D eigenvalue weighted by molar-refractivity contribution is 0.0972. The third-order valence-electron chi connectivity index (χ3n) is 5.34. The highest BCUT2D eigenvalue weighted by molar-refractivity contribution is 14.0. The molecule has 1 saturated heterocycles. The van der Waals surface area contributed by atoms with E-state index in [1.165, 1.54) is 0 Å². The molecule has 1 amide bonds. The monoisotopic (exact) mass is 573 g/mol. The topological polar surface area (TPSA) is 115 Å². The average Bonchev–Trinajstić information content (AvgIpc) is 3.29. The van der Waals surface area contributed by atoms with E-state index < -0.39 is 5.91 Å². The lowest BCUT2D eigenvalue weighted by Gasteiger charge is -2.36. The third kappa shape index (κ3) is 6.67. The number of rotatable bonds is 8. The first kappa shape index (κ1) is 26.6. The maximum Gasteiger partial charge on any atom is 0.284 e. The largest absolute Gasteiger partial charge is 0.493 e. The standard InChI is InChI=1S/C22H31N5O5.HI/c1-24-22(25-13-16-5-6-17(32-16)21(23)28)27-9-7-26(8-10-27)14-15-11-18(29-2)20(31-4)19(12-15)30-3;/h5-6,11-12H,7-10,13-14H2,1-4H3,(H2,23,28)(H,24,25);1H. The number of piperazine rings is 1. The molecular formula is C22H32IN5O5. The number of guanidine groups is 1. The maximum atomic E-state index is 11.2. The number of methoxy groups -OCH3 is 3. The summed E-state index contributed by atoms with van der Waals surface area (Å²) in [6.45, 7) is 4.61. The van der Waals surface area contributed by atoms with E-state index >= 15 is 0 Å². The van der Waals surface area contributed by atoms with Crippen molar-refractivity contribution < 1.29 is 23.4 Å². The molecule has 10 nitrogen and oxygen atoms in total. The summed E-state index contributed by atoms with van der Waals surface area (Å²) in [7, 11) is 6.59. The van der Waals surface area contributed by atoms with Crippen molar-refractivity contribution in [2.24, 2.45) is 10.7 Å². The molecule has 0 aliphatic carbocycles. The van der Waals surface area contributed by atoms with Crippen LogP contribution in [-0.4, -0.2) is 76.2 Å². The van der Waals surface area contributed by atoms with E-state index in [2.05, 4.69) is 20.1 Å². The van der Waals surface area contributed by atoms with E-state index in [0.29, 0.717) is 29.6 Å². The van der Waals surface area contributed by atoms with Crippen molar-refractivity contribution in [2.45, 2.75) is 13.1 Å². The zero-order valence-corrected chi connectivity index (χ0v) is 21.8. The van der Waals surface area contributed by atoms with Crippen molar-refractivity contribution in [2.75, 3.05) is 54.6 Å². The molecule has 0 bridgehead atoms. The van der Waals surface area contributed by atoms with Crippen LogP contribution in [0.2, 0.25) is 0 Å². The summed E-state index contributed by atoms with van der Waals surface area (Å²) < 4.78 is 21.7. The number of carbonyl (C=O) groups excluding carboxylic acids is 1. The summed E-state index contributed by atoms with van der Waals surface area (Å²) in [6.07, 6.45) is 0. The highest BCUT2D eigenvalue weighted by Crippen LogP contribution is 2.38. The molecule has 182 valence electrons. The first-order valence-electron chi connectivity index (χ1n) is 10.3. The normalized spacial score (nSPS) is 14.4. The van der Waals surface area contributed by atoms with Crippen molar-refractivity contribution >= 4 is 35.8 Å². The lowest BCUT2D eigenvalue weighted by atomic mass is 10.1. The van der Waals surface area contributed by atoms with Crippen LogP contribution in [0, 0.1) is 0 Å². The van der Waals surface area contributed by atoms with Gasteiger partial charge in [0.1, 0.15) is 5.76 Å². The summed E-state index contributed by atoms with van der Waals surface area (Å²) in [5, 5.41) is 3.28. The summed E-state index contributed by atoms with van der Waals surface area (Å²) in [5.41, 5.74) is 6.33. The number of nitrogens with two attached hydrogens (primary N) is 1. The second kappa shape index (κ2) is 12.5. The number of aliphatic imine (C=N–C) groups is 1. The van der Waals surface area contributed by atoms with Gasteiger partial charge in [-0.2, -0.15) is 0 Å². The second-order valence-electron chi connectivity index (χ2n) is 7.33. The summed E-state index contributed by atoms with van der Waals surface area (Å²) in [5.74, 6) is 2.89. The van der Waals surface area contributed by atoms with Crippen LogP contribution in [0.5, 0.6) is 17.2 Å². The second-order valence-corrected chi connectivity index (χ2v) is 7.33. The Morgan fingerprint density at radius 2 is 1.73 bits per heavy atom. The van der Waals surface area contributed by atoms with Gasteiger partial charge in [-0.05, 0) is 29.8 Å². The van der Waals surface area contributed by atoms with E-state index in [1.807, 2.05) is 12.1 Å². The van der Waals surface area contributed by atoms with Gasteiger partial charge in [-0.1, -0.05) is 0 Å². The fraction of sp³-hybridized carbons (Fsp3) is 0.455. The van der Waals surface area contributed by atoms with Crippen LogP contribution in [-0.2, 0) is 13.1 Å². The lowest BCUT2D eigenvalue weighted by Crippen LogP contribution is -2.52. The van der Waals surface area contributed by atoms with Crippen molar-refractivity contribution in [3.8, 4) is 17.2 Å². The quantitative estimate of drug-likeness (QED) is 0.280. The minimum absolute atomic E-state index is 0. The van der Waals surface area contributed by atoms with Crippen molar-refractivity contribution in [1.29, 1.82) is 0 Å². The van der Waals surface area contributed by atoms with Crippen LogP contribution in [0.15, 0.2) is 33.7 Å². The molecule has 1 aliphatic heterocycles. The zero-order chi connectivity index (χ0) is 23.1. The number of benzene rings is 1. The molecule has 33 heavy (non-hydrogen) atoms. The minimum Gasteiger partial charge on any atom is -0.493 e. The summed E-state index contributed by atoms with van der Waals surface area (Å²) in [6, 6.07) is 7.27. The molecule has 0 unspecified atom stereocenters. The minimum atomic E-state index is -0.580. The average molecular weight is 573 g/mol. The number of ether oxygens (including phenoxy) is 3. The van der Waals surface area contributed by atoms with Crippen molar-refractivity contribution in [1.82, 2.24) is 15.1 Å². The van der Waals surface area contributed by atoms with Gasteiger partial charge in [0, 0.05) is 39.8 Å². The maximum absolute atomic E-state index is 11.2. The molecule has 2 heterocycles. The number of halogens is 1. The summed E-state index contributed by atoms with van der Waals surface area (Å²) >= 11 is 0. The van der Waals surface area contributed by atoms with E-state index in [-0.39, 0.29) is 29.7 Å². The first-order valence-corrected chi connectivity index (χ1v) is 10.3. The number of hydrogen-bond donors (Lipinski definition) is 2. The fourth-order valence-electron chi connectivity index (χ4n) is 3.71. The predicted octanol–water partition coefficient (Wildman–Crippen LogP) is 1.92. The van der Waals surface area contributed by atoms with Gasteiger partial charge < -0.3 is 34.6 Å². The fourth-order valence-corrected chi connectivity index (χ4v) is 3.71. The highest BCUT2D eigenvalue weighted by atomic mass is 127. The van der Waals surface area contributed by atoms with Gasteiger partial charge in [-0.15, -0.1) is 24.0 Å². The van der Waals surface area contributed by atoms with Gasteiger partial charge in [-0.25, -0.2) is 0 Å². The molecule has 3 N–H and O–H groups in total. The number of nitrogens with one attached hydrogen (secondary N) is 1. The zero-order valence-electron chi connectivity index (χ0n) is 19.4. The Morgan fingerprint density at radius 3 is 2.21 bits per heavy atom. The number of nitrogens with zero attached hydrogens (tertiary/aromatic N) is 3. The molecule has 1 fully saturated rings. The van der Waals surface area contributed by atoms with Gasteiger partial charge in [0.15, 0.2) is 23.2 Å². The number of hydrogen-bond acceptors (Lipinski definition) is 7. The molecule has 0 atom stereocenters. The van der Waals surface area contributed by atoms with Crippen LogP contribution >= 0.6 is 24.0 Å². The third-order valence-corrected chi connectivity index (χ3v) is 5.34. The molecule has 11 heteroatoms. The van der Waals surface area contributed by atoms with Gasteiger partial charge >= 0.3 is 0 Å². The Morgan fingerprint density at radius 1 is 1.09 bits per heavy atom. The van der Waals surface area contributed by atoms with E-state index in [1.54, 1.807) is 40.5 Å². The molecule has 0 spiro atoms. The van der Waals surface area contributed by atoms with Crippen molar-refractivity contribution in [3.63, 3.8) is 0 Å². The van der Waals surface area contributed by atoms with E-state index in [0.717, 1.165) is 44.2 Å². The van der Waals surface area contributed by atoms with Crippen LogP contribution in [0.1, 0.15) is 21.9 Å². The first-order chi connectivity index (χ1) is 15.5. The van der Waals surface area contributed by atoms with E-state index in [9.17, 15) is 4.79 Å². The van der Waals surface area contributed by atoms with Crippen LogP contribution in [0.4, 0.5) is 0 Å². The molecular weight excluding hydrogens is 541 g/mol. The Kier molecular flexibility index (Phi) is 10.1. The number of amides is 1. The smallest absolute Gasteiger partial charge is 0.284 e. The van der Waals surface area contributed by atoms with Crippen LogP contribution < -0.4 is 25.3 Å². The Labute approximate surface area is 211 Å². The molecule has 0 radical (unpaired) electrons. The van der Waals surface area contributed by atoms with E-state index in [4.69, 9.17) is 24.4 Å². The molecule has 1 aliphatic rings. The summed E-state index contributed by atoms with van der Waals surface area (Å²) in [4.78, 5) is 20.1. The van der Waals surface area contributed by atoms with Crippen molar-refractivity contribution in [3.05, 3.63) is 41.3 Å². The number of primary amides is 1.